The molecule has 6 heteroatoms. The first-order valence-corrected chi connectivity index (χ1v) is 10.1. The molecule has 1 aromatic carbocycles. The van der Waals surface area contributed by atoms with E-state index < -0.39 is 12.0 Å². The van der Waals surface area contributed by atoms with Gasteiger partial charge in [-0.2, -0.15) is 5.10 Å². The fourth-order valence-electron chi connectivity index (χ4n) is 4.93. The number of carbonyl (C=O) groups is 2. The Hall–Kier alpha value is -2.63. The van der Waals surface area contributed by atoms with Crippen molar-refractivity contribution in [3.05, 3.63) is 52.8 Å². The number of carboxylic acids is 1. The third-order valence-corrected chi connectivity index (χ3v) is 6.22. The number of hydrogen-bond acceptors (Lipinski definition) is 3. The van der Waals surface area contributed by atoms with Crippen LogP contribution in [0.25, 0.3) is 0 Å². The molecule has 28 heavy (non-hydrogen) atoms. The number of carboxylic acid groups (broad SMARTS) is 1. The molecule has 1 aromatic heterocycles. The van der Waals surface area contributed by atoms with Gasteiger partial charge in [-0.05, 0) is 62.8 Å². The Balaban J connectivity index is 1.60. The molecule has 2 aromatic rings. The predicted octanol–water partition coefficient (Wildman–Crippen LogP) is 3.41. The van der Waals surface area contributed by atoms with Gasteiger partial charge < -0.3 is 10.0 Å². The number of fused-ring (bicyclic) bond motifs is 1. The van der Waals surface area contributed by atoms with Gasteiger partial charge in [0.25, 0.3) is 5.91 Å². The fourth-order valence-corrected chi connectivity index (χ4v) is 4.93. The first-order chi connectivity index (χ1) is 13.4. The van der Waals surface area contributed by atoms with Crippen LogP contribution < -0.4 is 0 Å². The zero-order chi connectivity index (χ0) is 19.8. The molecule has 0 radical (unpaired) electrons. The van der Waals surface area contributed by atoms with E-state index in [2.05, 4.69) is 5.10 Å². The molecule has 1 saturated heterocycles. The van der Waals surface area contributed by atoms with Gasteiger partial charge in [0.15, 0.2) is 0 Å². The molecule has 1 aliphatic heterocycles. The number of carbonyl (C=O) groups excluding carboxylic acids is 1. The lowest BCUT2D eigenvalue weighted by Crippen LogP contribution is -2.46. The van der Waals surface area contributed by atoms with Gasteiger partial charge in [-0.3, -0.25) is 9.48 Å². The second kappa shape index (κ2) is 7.41. The number of aryl methyl sites for hydroxylation is 2. The van der Waals surface area contributed by atoms with E-state index >= 15 is 0 Å². The zero-order valence-electron chi connectivity index (χ0n) is 16.5. The summed E-state index contributed by atoms with van der Waals surface area (Å²) in [4.78, 5) is 26.8. The highest BCUT2D eigenvalue weighted by molar-refractivity contribution is 5.97. The van der Waals surface area contributed by atoms with Crippen molar-refractivity contribution in [1.82, 2.24) is 14.7 Å². The van der Waals surface area contributed by atoms with Crippen LogP contribution in [-0.2, 0) is 11.3 Å². The first kappa shape index (κ1) is 18.7. The number of aromatic nitrogens is 2. The van der Waals surface area contributed by atoms with Crippen LogP contribution in [0.2, 0.25) is 0 Å². The molecule has 2 fully saturated rings. The van der Waals surface area contributed by atoms with Crippen LogP contribution >= 0.6 is 0 Å². The Morgan fingerprint density at radius 2 is 1.96 bits per heavy atom. The number of likely N-dealkylation sites (tertiary alicyclic amines) is 1. The van der Waals surface area contributed by atoms with Crippen molar-refractivity contribution in [1.29, 1.82) is 0 Å². The number of benzene rings is 1. The first-order valence-electron chi connectivity index (χ1n) is 10.1. The zero-order valence-corrected chi connectivity index (χ0v) is 16.5. The quantitative estimate of drug-likeness (QED) is 0.881. The molecule has 4 rings (SSSR count). The molecule has 1 amide bonds. The van der Waals surface area contributed by atoms with Crippen LogP contribution in [0, 0.1) is 19.8 Å². The summed E-state index contributed by atoms with van der Waals surface area (Å²) in [5.41, 5.74) is 3.60. The van der Waals surface area contributed by atoms with Gasteiger partial charge in [-0.25, -0.2) is 4.79 Å². The van der Waals surface area contributed by atoms with E-state index in [4.69, 9.17) is 0 Å². The van der Waals surface area contributed by atoms with Gasteiger partial charge >= 0.3 is 5.97 Å². The molecule has 2 aliphatic rings. The normalized spacial score (nSPS) is 24.2. The molecule has 3 atom stereocenters. The SMILES string of the molecule is Cc1cc(C)n(Cc2cccc(C(=O)N3C(C(=O)O)CC4CCCCC43)c2)n1. The van der Waals surface area contributed by atoms with Crippen molar-refractivity contribution in [3.63, 3.8) is 0 Å². The second-order valence-electron chi connectivity index (χ2n) is 8.20. The largest absolute Gasteiger partial charge is 0.480 e. The molecule has 3 unspecified atom stereocenters. The van der Waals surface area contributed by atoms with Gasteiger partial charge in [-0.1, -0.05) is 25.0 Å². The minimum atomic E-state index is -0.887. The van der Waals surface area contributed by atoms with E-state index in [1.165, 1.54) is 0 Å². The third kappa shape index (κ3) is 3.43. The van der Waals surface area contributed by atoms with Crippen LogP contribution in [-0.4, -0.2) is 43.7 Å². The highest BCUT2D eigenvalue weighted by Crippen LogP contribution is 2.40. The molecular weight excluding hydrogens is 354 g/mol. The number of rotatable bonds is 4. The van der Waals surface area contributed by atoms with E-state index in [0.29, 0.717) is 24.4 Å². The number of nitrogens with zero attached hydrogens (tertiary/aromatic N) is 3. The Morgan fingerprint density at radius 3 is 2.68 bits per heavy atom. The topological polar surface area (TPSA) is 75.4 Å². The molecule has 6 nitrogen and oxygen atoms in total. The van der Waals surface area contributed by atoms with Crippen molar-refractivity contribution in [2.24, 2.45) is 5.92 Å². The van der Waals surface area contributed by atoms with Crippen molar-refractivity contribution in [3.8, 4) is 0 Å². The summed E-state index contributed by atoms with van der Waals surface area (Å²) in [6, 6.07) is 8.91. The number of hydrogen-bond donors (Lipinski definition) is 1. The van der Waals surface area contributed by atoms with Gasteiger partial charge in [-0.15, -0.1) is 0 Å². The smallest absolute Gasteiger partial charge is 0.326 e. The van der Waals surface area contributed by atoms with Crippen LogP contribution in [0.4, 0.5) is 0 Å². The van der Waals surface area contributed by atoms with E-state index in [-0.39, 0.29) is 11.9 Å². The van der Waals surface area contributed by atoms with Gasteiger partial charge in [0.2, 0.25) is 0 Å². The molecule has 148 valence electrons. The lowest BCUT2D eigenvalue weighted by molar-refractivity contribution is -0.141. The maximum Gasteiger partial charge on any atom is 0.326 e. The Bertz CT molecular complexity index is 904. The maximum absolute atomic E-state index is 13.3. The van der Waals surface area contributed by atoms with E-state index in [1.54, 1.807) is 11.0 Å². The number of aliphatic carboxylic acids is 1. The average molecular weight is 381 g/mol. The van der Waals surface area contributed by atoms with Crippen LogP contribution in [0.1, 0.15) is 59.4 Å². The summed E-state index contributed by atoms with van der Waals surface area (Å²) < 4.78 is 1.92. The summed E-state index contributed by atoms with van der Waals surface area (Å²) >= 11 is 0. The Labute approximate surface area is 165 Å². The Morgan fingerprint density at radius 1 is 1.18 bits per heavy atom. The van der Waals surface area contributed by atoms with E-state index in [9.17, 15) is 14.7 Å². The van der Waals surface area contributed by atoms with Gasteiger partial charge in [0.05, 0.1) is 12.2 Å². The molecule has 0 bridgehead atoms. The summed E-state index contributed by atoms with van der Waals surface area (Å²) in [7, 11) is 0. The predicted molar refractivity (Wildman–Crippen MR) is 105 cm³/mol. The van der Waals surface area contributed by atoms with E-state index in [0.717, 1.165) is 42.6 Å². The average Bonchev–Trinajstić information content (AvgIpc) is 3.21. The lowest BCUT2D eigenvalue weighted by Gasteiger charge is -2.33. The molecule has 1 aliphatic carbocycles. The molecule has 1 N–H and O–H groups in total. The van der Waals surface area contributed by atoms with Crippen molar-refractivity contribution in [2.75, 3.05) is 0 Å². The summed E-state index contributed by atoms with van der Waals surface area (Å²) in [5.74, 6) is -0.727. The molecule has 2 heterocycles. The minimum absolute atomic E-state index is 0.0574. The van der Waals surface area contributed by atoms with Crippen molar-refractivity contribution >= 4 is 11.9 Å². The summed E-state index contributed by atoms with van der Waals surface area (Å²) in [5, 5.41) is 14.2. The van der Waals surface area contributed by atoms with Crippen molar-refractivity contribution in [2.45, 2.75) is 64.6 Å². The summed E-state index contributed by atoms with van der Waals surface area (Å²) in [6.45, 7) is 4.57. The highest BCUT2D eigenvalue weighted by Gasteiger charge is 2.47. The lowest BCUT2D eigenvalue weighted by atomic mass is 9.84. The minimum Gasteiger partial charge on any atom is -0.480 e. The van der Waals surface area contributed by atoms with Crippen LogP contribution in [0.15, 0.2) is 30.3 Å². The summed E-state index contributed by atoms with van der Waals surface area (Å²) in [6.07, 6.45) is 4.71. The molecular formula is C22H27N3O3. The highest BCUT2D eigenvalue weighted by atomic mass is 16.4. The van der Waals surface area contributed by atoms with Crippen LogP contribution in [0.3, 0.4) is 0 Å². The molecule has 1 saturated carbocycles. The van der Waals surface area contributed by atoms with Crippen LogP contribution in [0.5, 0.6) is 0 Å². The van der Waals surface area contributed by atoms with Crippen molar-refractivity contribution < 1.29 is 14.7 Å². The number of amides is 1. The standard InChI is InChI=1S/C22H27N3O3/c1-14-10-15(2)24(23-14)13-16-6-5-8-18(11-16)21(26)25-19-9-4-3-7-17(19)12-20(25)22(27)28/h5-6,8,10-11,17,19-20H,3-4,7,9,12-13H2,1-2H3,(H,27,28). The van der Waals surface area contributed by atoms with Gasteiger partial charge in [0.1, 0.15) is 6.04 Å². The monoisotopic (exact) mass is 381 g/mol. The molecule has 0 spiro atoms. The maximum atomic E-state index is 13.3. The van der Waals surface area contributed by atoms with E-state index in [1.807, 2.05) is 42.8 Å². The fraction of sp³-hybridized carbons (Fsp3) is 0.500. The van der Waals surface area contributed by atoms with Gasteiger partial charge in [0, 0.05) is 17.3 Å². The third-order valence-electron chi connectivity index (χ3n) is 6.22. The Kier molecular flexibility index (Phi) is 4.96. The second-order valence-corrected chi connectivity index (χ2v) is 8.20.